The number of carbonyl (C=O) groups is 1. The largest absolute Gasteiger partial charge is 0.444 e. The third kappa shape index (κ3) is 3.68. The minimum Gasteiger partial charge on any atom is -0.444 e. The summed E-state index contributed by atoms with van der Waals surface area (Å²) in [5, 5.41) is 0. The summed E-state index contributed by atoms with van der Waals surface area (Å²) in [6.45, 7) is 7.50. The Morgan fingerprint density at radius 3 is 2.67 bits per heavy atom. The van der Waals surface area contributed by atoms with E-state index in [1.54, 1.807) is 4.90 Å². The molecule has 1 saturated carbocycles. The Kier molecular flexibility index (Phi) is 4.78. The van der Waals surface area contributed by atoms with E-state index in [1.165, 1.54) is 19.3 Å². The van der Waals surface area contributed by atoms with Crippen molar-refractivity contribution in [2.24, 2.45) is 5.92 Å². The van der Waals surface area contributed by atoms with E-state index in [0.717, 1.165) is 17.8 Å². The van der Waals surface area contributed by atoms with E-state index >= 15 is 0 Å². The van der Waals surface area contributed by atoms with Crippen LogP contribution < -0.4 is 5.56 Å². The van der Waals surface area contributed by atoms with Gasteiger partial charge >= 0.3 is 6.09 Å². The topological polar surface area (TPSA) is 51.5 Å². The number of hydrogen-bond donors (Lipinski definition) is 0. The smallest absolute Gasteiger partial charge is 0.410 e. The number of nitrogens with zero attached hydrogens (tertiary/aromatic N) is 2. The van der Waals surface area contributed by atoms with Crippen LogP contribution in [-0.4, -0.2) is 27.7 Å². The van der Waals surface area contributed by atoms with Gasteiger partial charge in [0.25, 0.3) is 5.56 Å². The van der Waals surface area contributed by atoms with Gasteiger partial charge in [0.05, 0.1) is 11.0 Å². The molecule has 1 aliphatic heterocycles. The zero-order valence-electron chi connectivity index (χ0n) is 14.6. The van der Waals surface area contributed by atoms with E-state index < -0.39 is 5.60 Å². The van der Waals surface area contributed by atoms with E-state index in [1.807, 2.05) is 31.4 Å². The summed E-state index contributed by atoms with van der Waals surface area (Å²) in [5.41, 5.74) is 1.67. The summed E-state index contributed by atoms with van der Waals surface area (Å²) in [6.07, 6.45) is 4.09. The van der Waals surface area contributed by atoms with Gasteiger partial charge in [0, 0.05) is 25.2 Å². The summed E-state index contributed by atoms with van der Waals surface area (Å²) in [6, 6.07) is 1.87. The maximum absolute atomic E-state index is 12.5. The van der Waals surface area contributed by atoms with E-state index in [9.17, 15) is 9.59 Å². The van der Waals surface area contributed by atoms with Gasteiger partial charge in [-0.05, 0) is 67.1 Å². The highest BCUT2D eigenvalue weighted by Gasteiger charge is 2.29. The fourth-order valence-corrected chi connectivity index (χ4v) is 3.78. The van der Waals surface area contributed by atoms with Gasteiger partial charge in [0.1, 0.15) is 5.60 Å². The molecule has 1 aliphatic carbocycles. The monoisotopic (exact) mass is 396 g/mol. The number of aromatic nitrogens is 1. The quantitative estimate of drug-likeness (QED) is 0.765. The van der Waals surface area contributed by atoms with Gasteiger partial charge in [-0.15, -0.1) is 0 Å². The van der Waals surface area contributed by atoms with Crippen molar-refractivity contribution in [3.05, 3.63) is 32.2 Å². The van der Waals surface area contributed by atoms with Crippen molar-refractivity contribution >= 4 is 22.0 Å². The van der Waals surface area contributed by atoms with Crippen LogP contribution in [0.3, 0.4) is 0 Å². The van der Waals surface area contributed by atoms with E-state index in [2.05, 4.69) is 15.9 Å². The van der Waals surface area contributed by atoms with Crippen LogP contribution >= 0.6 is 15.9 Å². The van der Waals surface area contributed by atoms with Crippen molar-refractivity contribution in [1.82, 2.24) is 9.47 Å². The summed E-state index contributed by atoms with van der Waals surface area (Å²) in [7, 11) is 0. The first-order valence-corrected chi connectivity index (χ1v) is 9.43. The number of pyridine rings is 1. The zero-order chi connectivity index (χ0) is 17.5. The zero-order valence-corrected chi connectivity index (χ0v) is 16.2. The molecule has 1 amide bonds. The van der Waals surface area contributed by atoms with Gasteiger partial charge in [-0.1, -0.05) is 6.42 Å². The predicted octanol–water partition coefficient (Wildman–Crippen LogP) is 3.70. The average Bonchev–Trinajstić information content (AvgIpc) is 2.43. The Hall–Kier alpha value is -1.30. The van der Waals surface area contributed by atoms with Gasteiger partial charge in [0.15, 0.2) is 0 Å². The van der Waals surface area contributed by atoms with Crippen LogP contribution in [0.1, 0.15) is 51.3 Å². The van der Waals surface area contributed by atoms with Crippen LogP contribution in [0.4, 0.5) is 4.79 Å². The molecule has 0 bridgehead atoms. The van der Waals surface area contributed by atoms with E-state index in [-0.39, 0.29) is 11.7 Å². The molecule has 1 aromatic rings. The first-order valence-electron chi connectivity index (χ1n) is 8.63. The summed E-state index contributed by atoms with van der Waals surface area (Å²) >= 11 is 3.39. The third-order valence-corrected chi connectivity index (χ3v) is 5.31. The van der Waals surface area contributed by atoms with Crippen LogP contribution in [0.15, 0.2) is 15.3 Å². The molecule has 6 heteroatoms. The molecule has 5 nitrogen and oxygen atoms in total. The molecule has 1 aromatic heterocycles. The first kappa shape index (κ1) is 17.5. The number of halogens is 1. The van der Waals surface area contributed by atoms with Crippen molar-refractivity contribution in [2.45, 2.75) is 65.1 Å². The molecule has 0 unspecified atom stereocenters. The fraction of sp³-hybridized carbons (Fsp3) is 0.667. The average molecular weight is 397 g/mol. The molecule has 0 atom stereocenters. The maximum atomic E-state index is 12.5. The molecule has 2 aliphatic rings. The normalized spacial score (nSPS) is 18.1. The number of carbonyl (C=O) groups excluding carboxylic acids is 1. The summed E-state index contributed by atoms with van der Waals surface area (Å²) in [5.74, 6) is 0.616. The number of ether oxygens (including phenoxy) is 1. The van der Waals surface area contributed by atoms with Crippen LogP contribution in [0.2, 0.25) is 0 Å². The SMILES string of the molecule is CC(C)(C)OC(=O)N1CCc2c(cc(Br)c(=O)n2CC2CCC2)C1. The number of fused-ring (bicyclic) bond motifs is 1. The third-order valence-electron chi connectivity index (χ3n) is 4.74. The van der Waals surface area contributed by atoms with Crippen molar-refractivity contribution in [2.75, 3.05) is 6.54 Å². The molecule has 24 heavy (non-hydrogen) atoms. The Balaban J connectivity index is 1.84. The second kappa shape index (κ2) is 6.54. The lowest BCUT2D eigenvalue weighted by molar-refractivity contribution is 0.0220. The highest BCUT2D eigenvalue weighted by atomic mass is 79.9. The molecule has 0 saturated heterocycles. The molecule has 0 aromatic carbocycles. The fourth-order valence-electron chi connectivity index (χ4n) is 3.29. The Morgan fingerprint density at radius 2 is 2.08 bits per heavy atom. The van der Waals surface area contributed by atoms with Crippen molar-refractivity contribution in [1.29, 1.82) is 0 Å². The summed E-state index contributed by atoms with van der Waals surface area (Å²) < 4.78 is 7.98. The van der Waals surface area contributed by atoms with Crippen LogP contribution in [-0.2, 0) is 24.2 Å². The van der Waals surface area contributed by atoms with Gasteiger partial charge in [0.2, 0.25) is 0 Å². The Bertz CT molecular complexity index is 701. The molecule has 3 rings (SSSR count). The first-order chi connectivity index (χ1) is 11.2. The lowest BCUT2D eigenvalue weighted by Crippen LogP contribution is -2.42. The van der Waals surface area contributed by atoms with Crippen LogP contribution in [0.25, 0.3) is 0 Å². The summed E-state index contributed by atoms with van der Waals surface area (Å²) in [4.78, 5) is 26.6. The number of rotatable bonds is 2. The Morgan fingerprint density at radius 1 is 1.38 bits per heavy atom. The Labute approximate surface area is 151 Å². The van der Waals surface area contributed by atoms with E-state index in [4.69, 9.17) is 4.74 Å². The molecular weight excluding hydrogens is 372 g/mol. The van der Waals surface area contributed by atoms with Crippen molar-refractivity contribution < 1.29 is 9.53 Å². The molecule has 0 spiro atoms. The molecule has 1 fully saturated rings. The van der Waals surface area contributed by atoms with E-state index in [0.29, 0.717) is 29.9 Å². The lowest BCUT2D eigenvalue weighted by Gasteiger charge is -2.34. The lowest BCUT2D eigenvalue weighted by atomic mass is 9.85. The minimum atomic E-state index is -0.499. The second-order valence-corrected chi connectivity index (χ2v) is 8.68. The van der Waals surface area contributed by atoms with Gasteiger partial charge in [-0.2, -0.15) is 0 Å². The molecule has 0 radical (unpaired) electrons. The predicted molar refractivity (Wildman–Crippen MR) is 96.1 cm³/mol. The maximum Gasteiger partial charge on any atom is 0.410 e. The molecule has 0 N–H and O–H groups in total. The van der Waals surface area contributed by atoms with Crippen LogP contribution in [0.5, 0.6) is 0 Å². The van der Waals surface area contributed by atoms with Gasteiger partial charge in [-0.25, -0.2) is 4.79 Å². The van der Waals surface area contributed by atoms with Gasteiger partial charge < -0.3 is 14.2 Å². The van der Waals surface area contributed by atoms with Crippen molar-refractivity contribution in [3.63, 3.8) is 0 Å². The highest BCUT2D eigenvalue weighted by Crippen LogP contribution is 2.29. The number of amides is 1. The molecule has 132 valence electrons. The van der Waals surface area contributed by atoms with Gasteiger partial charge in [-0.3, -0.25) is 4.79 Å². The number of hydrogen-bond acceptors (Lipinski definition) is 3. The minimum absolute atomic E-state index is 0.0476. The van der Waals surface area contributed by atoms with Crippen LogP contribution in [0, 0.1) is 5.92 Å². The highest BCUT2D eigenvalue weighted by molar-refractivity contribution is 9.10. The standard InChI is InChI=1S/C18H25BrN2O3/c1-18(2,3)24-17(23)20-8-7-15-13(11-20)9-14(19)16(22)21(15)10-12-5-4-6-12/h9,12H,4-8,10-11H2,1-3H3. The molecular formula is C18H25BrN2O3. The second-order valence-electron chi connectivity index (χ2n) is 7.83. The molecule has 2 heterocycles. The van der Waals surface area contributed by atoms with Crippen molar-refractivity contribution in [3.8, 4) is 0 Å².